The fraction of sp³-hybridized carbons (Fsp3) is 0.333. The Morgan fingerprint density at radius 1 is 1.24 bits per heavy atom. The lowest BCUT2D eigenvalue weighted by molar-refractivity contribution is -0.113. The zero-order valence-electron chi connectivity index (χ0n) is 19.9. The van der Waals surface area contributed by atoms with Gasteiger partial charge in [0.25, 0.3) is 0 Å². The number of carbonyl (C=O) groups excluding carboxylic acids is 2. The maximum atomic E-state index is 12.6. The summed E-state index contributed by atoms with van der Waals surface area (Å²) < 4.78 is 12.7. The molecular weight excluding hydrogens is 472 g/mol. The smallest absolute Gasteiger partial charge is 0.341 e. The van der Waals surface area contributed by atoms with Gasteiger partial charge in [-0.1, -0.05) is 30.0 Å². The molecule has 0 fully saturated rings. The Morgan fingerprint density at radius 2 is 2.00 bits per heavy atom. The van der Waals surface area contributed by atoms with Crippen LogP contribution in [0, 0.1) is 27.7 Å². The van der Waals surface area contributed by atoms with Gasteiger partial charge in [-0.3, -0.25) is 9.36 Å². The Bertz CT molecular complexity index is 1220. The number of thioether (sulfide) groups is 1. The summed E-state index contributed by atoms with van der Waals surface area (Å²) in [6.45, 7) is 12.3. The van der Waals surface area contributed by atoms with Gasteiger partial charge in [0.05, 0.1) is 18.4 Å². The normalized spacial score (nSPS) is 10.7. The van der Waals surface area contributed by atoms with Crippen LogP contribution in [-0.4, -0.2) is 39.5 Å². The molecule has 1 aromatic carbocycles. The zero-order valence-corrected chi connectivity index (χ0v) is 21.6. The lowest BCUT2D eigenvalue weighted by atomic mass is 10.1. The first-order chi connectivity index (χ1) is 16.2. The number of aromatic nitrogens is 3. The monoisotopic (exact) mass is 500 g/mol. The Kier molecular flexibility index (Phi) is 8.51. The maximum absolute atomic E-state index is 12.6. The van der Waals surface area contributed by atoms with Gasteiger partial charge in [-0.2, -0.15) is 0 Å². The van der Waals surface area contributed by atoms with Crippen LogP contribution in [-0.2, 0) is 22.7 Å². The van der Waals surface area contributed by atoms with E-state index >= 15 is 0 Å². The topological polar surface area (TPSA) is 95.3 Å². The van der Waals surface area contributed by atoms with E-state index in [4.69, 9.17) is 9.47 Å². The number of aryl methyl sites for hydroxylation is 3. The van der Waals surface area contributed by atoms with Crippen molar-refractivity contribution in [3.8, 4) is 5.75 Å². The molecular formula is C24H28N4O4S2. The molecule has 1 amide bonds. The van der Waals surface area contributed by atoms with Crippen LogP contribution < -0.4 is 10.1 Å². The molecule has 0 radical (unpaired) electrons. The zero-order chi connectivity index (χ0) is 24.8. The van der Waals surface area contributed by atoms with E-state index in [1.165, 1.54) is 30.2 Å². The van der Waals surface area contributed by atoms with Crippen molar-refractivity contribution in [3.63, 3.8) is 0 Å². The van der Waals surface area contributed by atoms with E-state index in [0.29, 0.717) is 28.1 Å². The van der Waals surface area contributed by atoms with E-state index in [2.05, 4.69) is 22.1 Å². The number of esters is 1. The predicted octanol–water partition coefficient (Wildman–Crippen LogP) is 4.86. The second-order valence-electron chi connectivity index (χ2n) is 7.67. The molecule has 34 heavy (non-hydrogen) atoms. The minimum atomic E-state index is -0.469. The van der Waals surface area contributed by atoms with Crippen LogP contribution in [0.5, 0.6) is 5.75 Å². The number of nitrogens with zero attached hydrogens (tertiary/aromatic N) is 3. The summed E-state index contributed by atoms with van der Waals surface area (Å²) >= 11 is 2.61. The molecule has 0 saturated heterocycles. The van der Waals surface area contributed by atoms with E-state index < -0.39 is 5.97 Å². The van der Waals surface area contributed by atoms with Crippen molar-refractivity contribution in [1.29, 1.82) is 0 Å². The highest BCUT2D eigenvalue weighted by molar-refractivity contribution is 7.99. The molecule has 2 aromatic heterocycles. The number of hydrogen-bond donors (Lipinski definition) is 1. The summed E-state index contributed by atoms with van der Waals surface area (Å²) in [6.07, 6.45) is 1.74. The van der Waals surface area contributed by atoms with Crippen molar-refractivity contribution in [2.24, 2.45) is 0 Å². The highest BCUT2D eigenvalue weighted by Gasteiger charge is 2.22. The van der Waals surface area contributed by atoms with Crippen LogP contribution >= 0.6 is 23.1 Å². The van der Waals surface area contributed by atoms with E-state index in [0.717, 1.165) is 27.3 Å². The molecule has 3 rings (SSSR count). The SMILES string of the molecule is C=CCn1c(COc2cc(C)ccc2C)nnc1SCC(=O)Nc1sc(C)c(C)c1C(=O)OC. The third kappa shape index (κ3) is 5.87. The summed E-state index contributed by atoms with van der Waals surface area (Å²) in [4.78, 5) is 25.7. The number of methoxy groups -OCH3 is 1. The number of carbonyl (C=O) groups is 2. The Labute approximate surface area is 207 Å². The number of amides is 1. The van der Waals surface area contributed by atoms with Crippen LogP contribution in [0.3, 0.4) is 0 Å². The van der Waals surface area contributed by atoms with Gasteiger partial charge < -0.3 is 14.8 Å². The highest BCUT2D eigenvalue weighted by atomic mass is 32.2. The van der Waals surface area contributed by atoms with Crippen LogP contribution in [0.25, 0.3) is 0 Å². The standard InChI is InChI=1S/C24H28N4O4S2/c1-7-10-28-19(12-32-18-11-14(2)8-9-15(18)3)26-27-24(28)33-13-20(29)25-22-21(23(30)31-6)16(4)17(5)34-22/h7-9,11H,1,10,12-13H2,2-6H3,(H,25,29). The largest absolute Gasteiger partial charge is 0.485 e. The van der Waals surface area contributed by atoms with Crippen LogP contribution in [0.15, 0.2) is 36.0 Å². The minimum Gasteiger partial charge on any atom is -0.485 e. The molecule has 0 atom stereocenters. The van der Waals surface area contributed by atoms with Crippen LogP contribution in [0.1, 0.15) is 37.7 Å². The molecule has 180 valence electrons. The highest BCUT2D eigenvalue weighted by Crippen LogP contribution is 2.33. The summed E-state index contributed by atoms with van der Waals surface area (Å²) in [5.74, 6) is 0.816. The van der Waals surface area contributed by atoms with Gasteiger partial charge in [-0.15, -0.1) is 28.1 Å². The molecule has 0 aliphatic carbocycles. The average Bonchev–Trinajstić information content (AvgIpc) is 3.32. The molecule has 8 nitrogen and oxygen atoms in total. The number of rotatable bonds is 10. The second-order valence-corrected chi connectivity index (χ2v) is 9.84. The van der Waals surface area contributed by atoms with E-state index in [1.54, 1.807) is 6.08 Å². The Morgan fingerprint density at radius 3 is 2.71 bits per heavy atom. The second kappa shape index (κ2) is 11.3. The van der Waals surface area contributed by atoms with Crippen molar-refractivity contribution in [3.05, 3.63) is 63.8 Å². The fourth-order valence-electron chi connectivity index (χ4n) is 3.21. The van der Waals surface area contributed by atoms with Crippen molar-refractivity contribution >= 4 is 40.0 Å². The average molecular weight is 501 g/mol. The lowest BCUT2D eigenvalue weighted by Gasteiger charge is -2.11. The van der Waals surface area contributed by atoms with Gasteiger partial charge in [0.2, 0.25) is 5.91 Å². The van der Waals surface area contributed by atoms with E-state index in [-0.39, 0.29) is 18.3 Å². The van der Waals surface area contributed by atoms with Crippen LogP contribution in [0.2, 0.25) is 0 Å². The number of benzene rings is 1. The summed E-state index contributed by atoms with van der Waals surface area (Å²) in [5.41, 5.74) is 3.35. The molecule has 0 bridgehead atoms. The van der Waals surface area contributed by atoms with Gasteiger partial charge >= 0.3 is 5.97 Å². The number of hydrogen-bond acceptors (Lipinski definition) is 8. The predicted molar refractivity (Wildman–Crippen MR) is 135 cm³/mol. The van der Waals surface area contributed by atoms with Gasteiger partial charge in [0.15, 0.2) is 11.0 Å². The molecule has 3 aromatic rings. The summed E-state index contributed by atoms with van der Waals surface area (Å²) in [5, 5.41) is 12.4. The Hall–Kier alpha value is -3.11. The number of nitrogens with one attached hydrogen (secondary N) is 1. The van der Waals surface area contributed by atoms with Crippen molar-refractivity contribution < 1.29 is 19.1 Å². The molecule has 0 aliphatic heterocycles. The first-order valence-electron chi connectivity index (χ1n) is 10.6. The third-order valence-corrected chi connectivity index (χ3v) is 7.26. The molecule has 0 spiro atoms. The van der Waals surface area contributed by atoms with Crippen LogP contribution in [0.4, 0.5) is 5.00 Å². The summed E-state index contributed by atoms with van der Waals surface area (Å²) in [7, 11) is 1.32. The molecule has 0 saturated carbocycles. The minimum absolute atomic E-state index is 0.101. The van der Waals surface area contributed by atoms with E-state index in [1.807, 2.05) is 50.5 Å². The van der Waals surface area contributed by atoms with E-state index in [9.17, 15) is 9.59 Å². The number of allylic oxidation sites excluding steroid dienone is 1. The molecule has 2 heterocycles. The number of anilines is 1. The van der Waals surface area contributed by atoms with Gasteiger partial charge in [0.1, 0.15) is 17.4 Å². The summed E-state index contributed by atoms with van der Waals surface area (Å²) in [6, 6.07) is 6.04. The maximum Gasteiger partial charge on any atom is 0.341 e. The molecule has 0 unspecified atom stereocenters. The Balaban J connectivity index is 1.68. The van der Waals surface area contributed by atoms with Crippen molar-refractivity contribution in [1.82, 2.24) is 14.8 Å². The molecule has 1 N–H and O–H groups in total. The van der Waals surface area contributed by atoms with Gasteiger partial charge in [-0.25, -0.2) is 4.79 Å². The number of ether oxygens (including phenoxy) is 2. The molecule has 10 heteroatoms. The van der Waals surface area contributed by atoms with Gasteiger partial charge in [0, 0.05) is 11.4 Å². The fourth-order valence-corrected chi connectivity index (χ4v) is 5.04. The first kappa shape index (κ1) is 25.5. The van der Waals surface area contributed by atoms with Gasteiger partial charge in [-0.05, 0) is 50.5 Å². The van der Waals surface area contributed by atoms with Crippen molar-refractivity contribution in [2.45, 2.75) is 46.0 Å². The quantitative estimate of drug-likeness (QED) is 0.241. The van der Waals surface area contributed by atoms with Crippen molar-refractivity contribution in [2.75, 3.05) is 18.2 Å². The number of thiophene rings is 1. The lowest BCUT2D eigenvalue weighted by Crippen LogP contribution is -2.16. The first-order valence-corrected chi connectivity index (χ1v) is 12.4. The third-order valence-electron chi connectivity index (χ3n) is 5.17. The molecule has 0 aliphatic rings.